The van der Waals surface area contributed by atoms with Crippen molar-refractivity contribution in [1.29, 1.82) is 10.5 Å². The topological polar surface area (TPSA) is 72.3 Å². The molecule has 4 heteroatoms. The minimum Gasteiger partial charge on any atom is -0.198 e. The monoisotopic (exact) mass is 316 g/mol. The van der Waals surface area contributed by atoms with E-state index in [1.165, 1.54) is 0 Å². The van der Waals surface area contributed by atoms with E-state index in [1.807, 2.05) is 74.5 Å². The van der Waals surface area contributed by atoms with Crippen molar-refractivity contribution in [2.45, 2.75) is 25.9 Å². The van der Waals surface area contributed by atoms with Crippen LogP contribution >= 0.6 is 0 Å². The second-order valence-electron chi connectivity index (χ2n) is 5.78. The van der Waals surface area contributed by atoms with E-state index in [9.17, 15) is 10.5 Å². The van der Waals surface area contributed by atoms with Crippen LogP contribution in [-0.2, 0) is 0 Å². The maximum absolute atomic E-state index is 9.30. The average Bonchev–Trinajstić information content (AvgIpc) is 2.65. The van der Waals surface area contributed by atoms with Gasteiger partial charge in [0, 0.05) is 0 Å². The number of nitrogens with zero attached hydrogens (tertiary/aromatic N) is 4. The summed E-state index contributed by atoms with van der Waals surface area (Å²) < 4.78 is 0. The first-order chi connectivity index (χ1) is 11.7. The van der Waals surface area contributed by atoms with E-state index >= 15 is 0 Å². The highest BCUT2D eigenvalue weighted by Gasteiger charge is 2.22. The molecule has 0 radical (unpaired) electrons. The minimum atomic E-state index is -0.340. The Bertz CT molecular complexity index is 675. The summed E-state index contributed by atoms with van der Waals surface area (Å²) in [5.74, 6) is -0.602. The van der Waals surface area contributed by atoms with E-state index in [1.54, 1.807) is 0 Å². The van der Waals surface area contributed by atoms with Gasteiger partial charge in [0.1, 0.15) is 12.1 Å². The number of rotatable bonds is 6. The summed E-state index contributed by atoms with van der Waals surface area (Å²) in [6.45, 7) is 3.67. The lowest BCUT2D eigenvalue weighted by atomic mass is 9.95. The van der Waals surface area contributed by atoms with Crippen molar-refractivity contribution in [2.24, 2.45) is 22.1 Å². The lowest BCUT2D eigenvalue weighted by Gasteiger charge is -2.17. The van der Waals surface area contributed by atoms with Crippen LogP contribution in [0.5, 0.6) is 0 Å². The Kier molecular flexibility index (Phi) is 6.23. The van der Waals surface area contributed by atoms with E-state index in [2.05, 4.69) is 22.4 Å². The van der Waals surface area contributed by atoms with Crippen LogP contribution in [-0.4, -0.2) is 0 Å². The molecule has 24 heavy (non-hydrogen) atoms. The van der Waals surface area contributed by atoms with Gasteiger partial charge in [-0.2, -0.15) is 20.8 Å². The van der Waals surface area contributed by atoms with Gasteiger partial charge in [-0.1, -0.05) is 60.7 Å². The predicted octanol–water partition coefficient (Wildman–Crippen LogP) is 5.24. The molecule has 0 amide bonds. The van der Waals surface area contributed by atoms with Gasteiger partial charge in [0.15, 0.2) is 0 Å². The molecule has 0 saturated carbocycles. The first-order valence-corrected chi connectivity index (χ1v) is 7.96. The number of hydrogen-bond donors (Lipinski definition) is 0. The molecule has 2 rings (SSSR count). The molecule has 0 saturated heterocycles. The van der Waals surface area contributed by atoms with Crippen molar-refractivity contribution in [2.75, 3.05) is 0 Å². The van der Waals surface area contributed by atoms with Crippen molar-refractivity contribution < 1.29 is 0 Å². The molecular formula is C20H20N4. The fraction of sp³-hybridized carbons (Fsp3) is 0.300. The number of azo groups is 1. The molecule has 0 bridgehead atoms. The third-order valence-electron chi connectivity index (χ3n) is 3.95. The first kappa shape index (κ1) is 17.4. The van der Waals surface area contributed by atoms with Gasteiger partial charge >= 0.3 is 0 Å². The number of nitriles is 2. The summed E-state index contributed by atoms with van der Waals surface area (Å²) in [4.78, 5) is 0. The van der Waals surface area contributed by atoms with Gasteiger partial charge < -0.3 is 0 Å². The SMILES string of the molecule is CC(C#N)C(N=NC(c1ccccc1)C(C)C#N)c1ccccc1. The van der Waals surface area contributed by atoms with Crippen molar-refractivity contribution in [3.8, 4) is 12.1 Å². The quantitative estimate of drug-likeness (QED) is 0.683. The molecule has 0 N–H and O–H groups in total. The van der Waals surface area contributed by atoms with Crippen LogP contribution in [0.2, 0.25) is 0 Å². The summed E-state index contributed by atoms with van der Waals surface area (Å²) in [7, 11) is 0. The lowest BCUT2D eigenvalue weighted by Crippen LogP contribution is -2.08. The fourth-order valence-electron chi connectivity index (χ4n) is 2.50. The number of hydrogen-bond acceptors (Lipinski definition) is 4. The molecule has 4 atom stereocenters. The van der Waals surface area contributed by atoms with Crippen LogP contribution < -0.4 is 0 Å². The molecule has 2 aromatic rings. The highest BCUT2D eigenvalue weighted by molar-refractivity contribution is 5.23. The molecule has 0 aliphatic carbocycles. The van der Waals surface area contributed by atoms with Gasteiger partial charge in [0.2, 0.25) is 0 Å². The van der Waals surface area contributed by atoms with Crippen molar-refractivity contribution in [3.05, 3.63) is 71.8 Å². The van der Waals surface area contributed by atoms with Crippen molar-refractivity contribution in [3.63, 3.8) is 0 Å². The third kappa shape index (κ3) is 4.27. The zero-order valence-electron chi connectivity index (χ0n) is 13.9. The smallest absolute Gasteiger partial charge is 0.111 e. The van der Waals surface area contributed by atoms with Gasteiger partial charge in [0.25, 0.3) is 0 Å². The maximum atomic E-state index is 9.30. The second kappa shape index (κ2) is 8.60. The van der Waals surface area contributed by atoms with Crippen LogP contribution in [0.3, 0.4) is 0 Å². The van der Waals surface area contributed by atoms with Gasteiger partial charge in [-0.3, -0.25) is 0 Å². The Morgan fingerprint density at radius 1 is 0.667 bits per heavy atom. The highest BCUT2D eigenvalue weighted by Crippen LogP contribution is 2.31. The second-order valence-corrected chi connectivity index (χ2v) is 5.78. The Balaban J connectivity index is 2.35. The molecule has 0 aromatic heterocycles. The summed E-state index contributed by atoms with van der Waals surface area (Å²) in [6.07, 6.45) is 0. The van der Waals surface area contributed by atoms with Gasteiger partial charge in [-0.15, -0.1) is 0 Å². The van der Waals surface area contributed by atoms with Gasteiger partial charge in [-0.25, -0.2) is 0 Å². The van der Waals surface area contributed by atoms with Crippen molar-refractivity contribution in [1.82, 2.24) is 0 Å². The van der Waals surface area contributed by atoms with E-state index < -0.39 is 0 Å². The summed E-state index contributed by atoms with van der Waals surface area (Å²) in [5.41, 5.74) is 1.90. The van der Waals surface area contributed by atoms with Crippen LogP contribution in [0.15, 0.2) is 70.9 Å². The van der Waals surface area contributed by atoms with Crippen LogP contribution in [0.4, 0.5) is 0 Å². The molecule has 4 unspecified atom stereocenters. The Hall–Kier alpha value is -2.98. The summed E-state index contributed by atoms with van der Waals surface area (Å²) in [5, 5.41) is 27.5. The van der Waals surface area contributed by atoms with E-state index in [4.69, 9.17) is 0 Å². The molecule has 0 heterocycles. The van der Waals surface area contributed by atoms with E-state index in [0.717, 1.165) is 11.1 Å². The standard InChI is InChI=1S/C20H20N4/c1-15(13-21)19(17-9-5-3-6-10-17)23-24-20(16(2)14-22)18-11-7-4-8-12-18/h3-12,15-16,19-20H,1-2H3. The van der Waals surface area contributed by atoms with Crippen LogP contribution in [0.1, 0.15) is 37.1 Å². The zero-order chi connectivity index (χ0) is 17.4. The number of benzene rings is 2. The molecular weight excluding hydrogens is 296 g/mol. The van der Waals surface area contributed by atoms with Crippen LogP contribution in [0.25, 0.3) is 0 Å². The summed E-state index contributed by atoms with van der Waals surface area (Å²) >= 11 is 0. The molecule has 0 spiro atoms. The molecule has 0 aliphatic heterocycles. The largest absolute Gasteiger partial charge is 0.198 e. The molecule has 0 aliphatic rings. The molecule has 4 nitrogen and oxygen atoms in total. The van der Waals surface area contributed by atoms with Gasteiger partial charge in [-0.05, 0) is 25.0 Å². The van der Waals surface area contributed by atoms with Crippen LogP contribution in [0, 0.1) is 34.5 Å². The molecule has 2 aromatic carbocycles. The van der Waals surface area contributed by atoms with Gasteiger partial charge in [0.05, 0.1) is 24.0 Å². The Morgan fingerprint density at radius 3 is 1.29 bits per heavy atom. The third-order valence-corrected chi connectivity index (χ3v) is 3.95. The predicted molar refractivity (Wildman–Crippen MR) is 92.8 cm³/mol. The molecule has 0 fully saturated rings. The van der Waals surface area contributed by atoms with E-state index in [-0.39, 0.29) is 23.9 Å². The summed E-state index contributed by atoms with van der Waals surface area (Å²) in [6, 6.07) is 23.2. The zero-order valence-corrected chi connectivity index (χ0v) is 13.9. The van der Waals surface area contributed by atoms with Crippen molar-refractivity contribution >= 4 is 0 Å². The lowest BCUT2D eigenvalue weighted by molar-refractivity contribution is 0.489. The normalized spacial score (nSPS) is 15.8. The first-order valence-electron chi connectivity index (χ1n) is 7.96. The Labute approximate surface area is 143 Å². The molecule has 120 valence electrons. The highest BCUT2D eigenvalue weighted by atomic mass is 15.1. The van der Waals surface area contributed by atoms with E-state index in [0.29, 0.717) is 0 Å². The Morgan fingerprint density at radius 2 is 1.00 bits per heavy atom. The average molecular weight is 316 g/mol. The fourth-order valence-corrected chi connectivity index (χ4v) is 2.50. The maximum Gasteiger partial charge on any atom is 0.111 e. The minimum absolute atomic E-state index is 0.301.